The standard InChI is InChI=1S/C22H24N4O5/c1-13(20(27)23-11-14-7-6-10-31-14)26-12-16-18(21(26)28)19(24-22(29)25(16)2)15-8-4-5-9-17(15)30-3/h4-10,13,19H,11-12H2,1-3H3,(H,23,27)(H,24,29). The molecule has 2 N–H and O–H groups in total. The third-order valence-electron chi connectivity index (χ3n) is 5.70. The third kappa shape index (κ3) is 3.63. The monoisotopic (exact) mass is 424 g/mol. The molecule has 0 bridgehead atoms. The average molecular weight is 424 g/mol. The molecule has 2 aromatic rings. The maximum atomic E-state index is 13.4. The molecule has 2 aliphatic heterocycles. The summed E-state index contributed by atoms with van der Waals surface area (Å²) in [6.07, 6.45) is 1.53. The molecule has 3 heterocycles. The number of ether oxygens (including phenoxy) is 1. The van der Waals surface area contributed by atoms with E-state index in [1.54, 1.807) is 39.3 Å². The van der Waals surface area contributed by atoms with Crippen molar-refractivity contribution in [2.75, 3.05) is 20.7 Å². The molecule has 0 aliphatic carbocycles. The van der Waals surface area contributed by atoms with Gasteiger partial charge in [-0.05, 0) is 25.1 Å². The van der Waals surface area contributed by atoms with E-state index in [1.165, 1.54) is 16.1 Å². The number of nitrogens with one attached hydrogen (secondary N) is 2. The maximum absolute atomic E-state index is 13.4. The summed E-state index contributed by atoms with van der Waals surface area (Å²) >= 11 is 0. The number of rotatable bonds is 6. The van der Waals surface area contributed by atoms with Crippen LogP contribution in [-0.4, -0.2) is 54.4 Å². The van der Waals surface area contributed by atoms with Crippen LogP contribution in [0.15, 0.2) is 58.3 Å². The van der Waals surface area contributed by atoms with Crippen molar-refractivity contribution in [1.82, 2.24) is 20.4 Å². The molecule has 9 heteroatoms. The summed E-state index contributed by atoms with van der Waals surface area (Å²) in [4.78, 5) is 41.6. The second-order valence-corrected chi connectivity index (χ2v) is 7.45. The largest absolute Gasteiger partial charge is 0.496 e. The number of likely N-dealkylation sites (N-methyl/N-ethyl adjacent to an activating group) is 1. The van der Waals surface area contributed by atoms with E-state index in [1.807, 2.05) is 18.2 Å². The molecule has 31 heavy (non-hydrogen) atoms. The molecule has 4 amide bonds. The Morgan fingerprint density at radius 1 is 1.29 bits per heavy atom. The first-order valence-electron chi connectivity index (χ1n) is 9.93. The Hall–Kier alpha value is -3.75. The Morgan fingerprint density at radius 2 is 2.06 bits per heavy atom. The van der Waals surface area contributed by atoms with Gasteiger partial charge in [-0.2, -0.15) is 0 Å². The van der Waals surface area contributed by atoms with Crippen molar-refractivity contribution >= 4 is 17.8 Å². The highest BCUT2D eigenvalue weighted by Crippen LogP contribution is 2.39. The number of hydrogen-bond acceptors (Lipinski definition) is 5. The van der Waals surface area contributed by atoms with E-state index in [0.29, 0.717) is 28.3 Å². The van der Waals surface area contributed by atoms with Gasteiger partial charge in [0.2, 0.25) is 5.91 Å². The number of furan rings is 1. The molecule has 1 aromatic carbocycles. The molecule has 0 spiro atoms. The Morgan fingerprint density at radius 3 is 2.77 bits per heavy atom. The smallest absolute Gasteiger partial charge is 0.322 e. The highest BCUT2D eigenvalue weighted by atomic mass is 16.5. The molecular formula is C22H24N4O5. The zero-order valence-electron chi connectivity index (χ0n) is 17.5. The first-order chi connectivity index (χ1) is 14.9. The van der Waals surface area contributed by atoms with Crippen molar-refractivity contribution in [2.24, 2.45) is 0 Å². The number of urea groups is 1. The number of amides is 4. The van der Waals surface area contributed by atoms with Gasteiger partial charge in [0.25, 0.3) is 5.91 Å². The lowest BCUT2D eigenvalue weighted by Crippen LogP contribution is -2.46. The molecule has 0 fully saturated rings. The number of carbonyl (C=O) groups excluding carboxylic acids is 3. The van der Waals surface area contributed by atoms with Gasteiger partial charge in [-0.3, -0.25) is 14.5 Å². The molecule has 9 nitrogen and oxygen atoms in total. The number of carbonyl (C=O) groups is 3. The predicted octanol–water partition coefficient (Wildman–Crippen LogP) is 1.79. The number of hydrogen-bond donors (Lipinski definition) is 2. The molecule has 1 aromatic heterocycles. The van der Waals surface area contributed by atoms with Crippen LogP contribution in [0.1, 0.15) is 24.3 Å². The van der Waals surface area contributed by atoms with Crippen LogP contribution in [-0.2, 0) is 16.1 Å². The summed E-state index contributed by atoms with van der Waals surface area (Å²) in [6.45, 7) is 2.06. The van der Waals surface area contributed by atoms with Gasteiger partial charge in [-0.25, -0.2) is 4.79 Å². The number of nitrogens with zero attached hydrogens (tertiary/aromatic N) is 2. The van der Waals surface area contributed by atoms with Crippen LogP contribution in [0, 0.1) is 0 Å². The normalized spacial score (nSPS) is 19.3. The molecule has 0 radical (unpaired) electrons. The lowest BCUT2D eigenvalue weighted by molar-refractivity contribution is -0.135. The second-order valence-electron chi connectivity index (χ2n) is 7.45. The van der Waals surface area contributed by atoms with E-state index < -0.39 is 12.1 Å². The molecule has 0 saturated carbocycles. The maximum Gasteiger partial charge on any atom is 0.322 e. The Balaban J connectivity index is 1.59. The van der Waals surface area contributed by atoms with Crippen LogP contribution in [0.4, 0.5) is 4.79 Å². The minimum absolute atomic E-state index is 0.166. The lowest BCUT2D eigenvalue weighted by atomic mass is 9.95. The van der Waals surface area contributed by atoms with Gasteiger partial charge >= 0.3 is 6.03 Å². The molecule has 0 saturated heterocycles. The summed E-state index contributed by atoms with van der Waals surface area (Å²) < 4.78 is 10.7. The predicted molar refractivity (Wildman–Crippen MR) is 111 cm³/mol. The fourth-order valence-electron chi connectivity index (χ4n) is 3.92. The molecular weight excluding hydrogens is 400 g/mol. The molecule has 162 valence electrons. The van der Waals surface area contributed by atoms with Crippen molar-refractivity contribution in [2.45, 2.75) is 25.6 Å². The van der Waals surface area contributed by atoms with E-state index in [0.717, 1.165) is 0 Å². The fourth-order valence-corrected chi connectivity index (χ4v) is 3.92. The van der Waals surface area contributed by atoms with Gasteiger partial charge in [0, 0.05) is 12.6 Å². The van der Waals surface area contributed by atoms with Crippen molar-refractivity contribution in [1.29, 1.82) is 0 Å². The average Bonchev–Trinajstić information content (AvgIpc) is 3.42. The van der Waals surface area contributed by atoms with Crippen LogP contribution in [0.2, 0.25) is 0 Å². The third-order valence-corrected chi connectivity index (χ3v) is 5.70. The van der Waals surface area contributed by atoms with E-state index in [2.05, 4.69) is 10.6 Å². The van der Waals surface area contributed by atoms with Gasteiger partial charge in [0.15, 0.2) is 0 Å². The van der Waals surface area contributed by atoms with Crippen molar-refractivity contribution in [3.8, 4) is 5.75 Å². The van der Waals surface area contributed by atoms with Crippen LogP contribution in [0.25, 0.3) is 0 Å². The molecule has 2 unspecified atom stereocenters. The van der Waals surface area contributed by atoms with Gasteiger partial charge in [-0.1, -0.05) is 18.2 Å². The minimum Gasteiger partial charge on any atom is -0.496 e. The Bertz CT molecular complexity index is 1050. The van der Waals surface area contributed by atoms with E-state index >= 15 is 0 Å². The minimum atomic E-state index is -0.727. The van der Waals surface area contributed by atoms with E-state index in [-0.39, 0.29) is 30.9 Å². The van der Waals surface area contributed by atoms with Gasteiger partial charge in [0.1, 0.15) is 17.6 Å². The lowest BCUT2D eigenvalue weighted by Gasteiger charge is -2.31. The van der Waals surface area contributed by atoms with E-state index in [9.17, 15) is 14.4 Å². The summed E-state index contributed by atoms with van der Waals surface area (Å²) in [5, 5.41) is 5.66. The SMILES string of the molecule is COc1ccccc1C1NC(=O)N(C)C2=C1C(=O)N(C(C)C(=O)NCc1ccco1)C2. The number of benzene rings is 1. The van der Waals surface area contributed by atoms with Crippen molar-refractivity contribution in [3.63, 3.8) is 0 Å². The van der Waals surface area contributed by atoms with Crippen LogP contribution >= 0.6 is 0 Å². The zero-order valence-corrected chi connectivity index (χ0v) is 17.5. The van der Waals surface area contributed by atoms with E-state index in [4.69, 9.17) is 9.15 Å². The quantitative estimate of drug-likeness (QED) is 0.736. The van der Waals surface area contributed by atoms with Crippen molar-refractivity contribution < 1.29 is 23.5 Å². The Labute approximate surface area is 179 Å². The van der Waals surface area contributed by atoms with Gasteiger partial charge in [-0.15, -0.1) is 0 Å². The highest BCUT2D eigenvalue weighted by molar-refractivity contribution is 6.03. The number of para-hydroxylation sites is 1. The van der Waals surface area contributed by atoms with Crippen LogP contribution in [0.5, 0.6) is 5.75 Å². The molecule has 2 aliphatic rings. The van der Waals surface area contributed by atoms with Crippen LogP contribution < -0.4 is 15.4 Å². The first-order valence-corrected chi connectivity index (χ1v) is 9.93. The topological polar surface area (TPSA) is 104 Å². The van der Waals surface area contributed by atoms with Crippen molar-refractivity contribution in [3.05, 3.63) is 65.3 Å². The van der Waals surface area contributed by atoms with Gasteiger partial charge < -0.3 is 24.7 Å². The molecule has 2 atom stereocenters. The summed E-state index contributed by atoms with van der Waals surface area (Å²) in [6, 6.07) is 9.03. The highest BCUT2D eigenvalue weighted by Gasteiger charge is 2.45. The molecule has 4 rings (SSSR count). The number of methoxy groups -OCH3 is 1. The fraction of sp³-hybridized carbons (Fsp3) is 0.318. The van der Waals surface area contributed by atoms with Gasteiger partial charge in [0.05, 0.1) is 43.8 Å². The Kier molecular flexibility index (Phi) is 5.41. The summed E-state index contributed by atoms with van der Waals surface area (Å²) in [7, 11) is 3.15. The zero-order chi connectivity index (χ0) is 22.1. The first kappa shape index (κ1) is 20.5. The summed E-state index contributed by atoms with van der Waals surface area (Å²) in [5.41, 5.74) is 1.71. The second kappa shape index (κ2) is 8.17. The summed E-state index contributed by atoms with van der Waals surface area (Å²) in [5.74, 6) is 0.593. The van der Waals surface area contributed by atoms with Crippen LogP contribution in [0.3, 0.4) is 0 Å².